The van der Waals surface area contributed by atoms with Crippen molar-refractivity contribution in [3.8, 4) is 11.3 Å². The van der Waals surface area contributed by atoms with E-state index in [1.54, 1.807) is 36.4 Å². The van der Waals surface area contributed by atoms with Crippen LogP contribution in [0.5, 0.6) is 0 Å². The Balaban J connectivity index is 1.59. The number of rotatable bonds is 4. The second-order valence-electron chi connectivity index (χ2n) is 5.79. The largest absolute Gasteiger partial charge is 0.456 e. The fourth-order valence-electron chi connectivity index (χ4n) is 2.65. The summed E-state index contributed by atoms with van der Waals surface area (Å²) in [5.41, 5.74) is 1.08. The predicted molar refractivity (Wildman–Crippen MR) is 108 cm³/mol. The second-order valence-corrected chi connectivity index (χ2v) is 6.82. The van der Waals surface area contributed by atoms with Crippen LogP contribution in [0.15, 0.2) is 81.0 Å². The summed E-state index contributed by atoms with van der Waals surface area (Å²) in [6.45, 7) is 0. The Morgan fingerprint density at radius 2 is 1.79 bits per heavy atom. The number of amides is 1. The highest BCUT2D eigenvalue weighted by Crippen LogP contribution is 2.33. The molecule has 0 unspecified atom stereocenters. The molecule has 0 aliphatic carbocycles. The molecule has 2 aromatic carbocycles. The molecule has 0 spiro atoms. The molecule has 1 saturated heterocycles. The Morgan fingerprint density at radius 1 is 1.04 bits per heavy atom. The van der Waals surface area contributed by atoms with Gasteiger partial charge in [-0.15, -0.1) is 0 Å². The maximum atomic E-state index is 12.2. The van der Waals surface area contributed by atoms with Crippen molar-refractivity contribution >= 4 is 40.3 Å². The van der Waals surface area contributed by atoms with Crippen molar-refractivity contribution in [2.24, 2.45) is 4.99 Å². The highest BCUT2D eigenvalue weighted by Gasteiger charge is 2.24. The van der Waals surface area contributed by atoms with Crippen LogP contribution in [-0.2, 0) is 4.79 Å². The summed E-state index contributed by atoms with van der Waals surface area (Å²) in [6, 6.07) is 19.0. The summed E-state index contributed by atoms with van der Waals surface area (Å²) < 4.78 is 5.71. The SMILES string of the molecule is O=C1NC(=Nc2ccccc2)SC1=Cc1ccc(-c2ccccc2[N+](=O)[O-])o1. The number of nitrogens with zero attached hydrogens (tertiary/aromatic N) is 2. The normalized spacial score (nSPS) is 16.5. The van der Waals surface area contributed by atoms with Gasteiger partial charge in [0.05, 0.1) is 21.1 Å². The average molecular weight is 391 g/mol. The smallest absolute Gasteiger partial charge is 0.280 e. The maximum absolute atomic E-state index is 12.2. The summed E-state index contributed by atoms with van der Waals surface area (Å²) in [4.78, 5) is 27.7. The fraction of sp³-hybridized carbons (Fsp3) is 0. The van der Waals surface area contributed by atoms with Crippen LogP contribution in [-0.4, -0.2) is 16.0 Å². The van der Waals surface area contributed by atoms with Gasteiger partial charge in [-0.1, -0.05) is 30.3 Å². The van der Waals surface area contributed by atoms with Crippen LogP contribution in [0.3, 0.4) is 0 Å². The Labute approximate surface area is 163 Å². The number of carbonyl (C=O) groups is 1. The number of aliphatic imine (C=N–C) groups is 1. The predicted octanol–water partition coefficient (Wildman–Crippen LogP) is 4.75. The van der Waals surface area contributed by atoms with Gasteiger partial charge in [0.1, 0.15) is 11.5 Å². The lowest BCUT2D eigenvalue weighted by molar-refractivity contribution is -0.384. The van der Waals surface area contributed by atoms with Gasteiger partial charge in [-0.2, -0.15) is 0 Å². The minimum Gasteiger partial charge on any atom is -0.456 e. The number of hydrogen-bond acceptors (Lipinski definition) is 6. The molecule has 1 fully saturated rings. The molecule has 3 aromatic rings. The maximum Gasteiger partial charge on any atom is 0.280 e. The zero-order valence-corrected chi connectivity index (χ0v) is 15.2. The van der Waals surface area contributed by atoms with Gasteiger partial charge in [-0.25, -0.2) is 4.99 Å². The summed E-state index contributed by atoms with van der Waals surface area (Å²) in [5.74, 6) is 0.510. The van der Waals surface area contributed by atoms with Crippen molar-refractivity contribution in [3.05, 3.63) is 87.5 Å². The average Bonchev–Trinajstić information content (AvgIpc) is 3.29. The molecule has 28 heavy (non-hydrogen) atoms. The number of benzene rings is 2. The number of hydrogen-bond donors (Lipinski definition) is 1. The zero-order chi connectivity index (χ0) is 19.5. The first kappa shape index (κ1) is 17.7. The number of nitro groups is 1. The summed E-state index contributed by atoms with van der Waals surface area (Å²) in [7, 11) is 0. The summed E-state index contributed by atoms with van der Waals surface area (Å²) in [6.07, 6.45) is 1.59. The van der Waals surface area contributed by atoms with Crippen molar-refractivity contribution in [3.63, 3.8) is 0 Å². The quantitative estimate of drug-likeness (QED) is 0.393. The van der Waals surface area contributed by atoms with Gasteiger partial charge in [0, 0.05) is 12.1 Å². The monoisotopic (exact) mass is 391 g/mol. The van der Waals surface area contributed by atoms with Crippen LogP contribution in [0.4, 0.5) is 11.4 Å². The van der Waals surface area contributed by atoms with Crippen LogP contribution < -0.4 is 5.32 Å². The molecule has 1 aromatic heterocycles. The molecule has 4 rings (SSSR count). The minimum atomic E-state index is -0.456. The van der Waals surface area contributed by atoms with E-state index in [4.69, 9.17) is 4.42 Å². The lowest BCUT2D eigenvalue weighted by Gasteiger charge is -1.98. The van der Waals surface area contributed by atoms with Gasteiger partial charge < -0.3 is 9.73 Å². The number of carbonyl (C=O) groups excluding carboxylic acids is 1. The summed E-state index contributed by atoms with van der Waals surface area (Å²) in [5, 5.41) is 14.4. The number of nitrogens with one attached hydrogen (secondary N) is 1. The van der Waals surface area contributed by atoms with Crippen molar-refractivity contribution < 1.29 is 14.1 Å². The van der Waals surface area contributed by atoms with E-state index in [1.165, 1.54) is 17.8 Å². The van der Waals surface area contributed by atoms with Gasteiger partial charge in [-0.3, -0.25) is 14.9 Å². The third-order valence-corrected chi connectivity index (χ3v) is 4.81. The fourth-order valence-corrected chi connectivity index (χ4v) is 3.47. The molecule has 0 saturated carbocycles. The van der Waals surface area contributed by atoms with E-state index in [9.17, 15) is 14.9 Å². The van der Waals surface area contributed by atoms with Crippen LogP contribution >= 0.6 is 11.8 Å². The highest BCUT2D eigenvalue weighted by molar-refractivity contribution is 8.18. The minimum absolute atomic E-state index is 0.0404. The molecule has 1 N–H and O–H groups in total. The van der Waals surface area contributed by atoms with E-state index in [-0.39, 0.29) is 11.6 Å². The number of furan rings is 1. The lowest BCUT2D eigenvalue weighted by atomic mass is 10.1. The van der Waals surface area contributed by atoms with Crippen LogP contribution in [0, 0.1) is 10.1 Å². The molecular formula is C20H13N3O4S. The third kappa shape index (κ3) is 3.72. The van der Waals surface area contributed by atoms with E-state index in [1.807, 2.05) is 30.3 Å². The highest BCUT2D eigenvalue weighted by atomic mass is 32.2. The van der Waals surface area contributed by atoms with Crippen molar-refractivity contribution in [1.82, 2.24) is 5.32 Å². The molecule has 2 heterocycles. The molecule has 7 nitrogen and oxygen atoms in total. The van der Waals surface area contributed by atoms with E-state index in [0.717, 1.165) is 5.69 Å². The summed E-state index contributed by atoms with van der Waals surface area (Å²) >= 11 is 1.20. The molecule has 1 aliphatic rings. The van der Waals surface area contributed by atoms with Crippen molar-refractivity contribution in [2.75, 3.05) is 0 Å². The van der Waals surface area contributed by atoms with Crippen LogP contribution in [0.2, 0.25) is 0 Å². The molecular weight excluding hydrogens is 378 g/mol. The number of nitro benzene ring substituents is 1. The lowest BCUT2D eigenvalue weighted by Crippen LogP contribution is -2.19. The Morgan fingerprint density at radius 3 is 2.57 bits per heavy atom. The first-order valence-corrected chi connectivity index (χ1v) is 9.10. The number of para-hydroxylation sites is 2. The molecule has 1 aliphatic heterocycles. The van der Waals surface area contributed by atoms with Gasteiger partial charge in [0.2, 0.25) is 0 Å². The molecule has 1 amide bonds. The van der Waals surface area contributed by atoms with Crippen molar-refractivity contribution in [2.45, 2.75) is 0 Å². The van der Waals surface area contributed by atoms with Crippen LogP contribution in [0.25, 0.3) is 17.4 Å². The second kappa shape index (κ2) is 7.53. The van der Waals surface area contributed by atoms with Gasteiger partial charge >= 0.3 is 0 Å². The Bertz CT molecular complexity index is 1120. The third-order valence-electron chi connectivity index (χ3n) is 3.90. The molecule has 138 valence electrons. The van der Waals surface area contributed by atoms with E-state index in [0.29, 0.717) is 27.2 Å². The first-order valence-electron chi connectivity index (χ1n) is 8.28. The Kier molecular flexibility index (Phi) is 4.77. The molecule has 0 bridgehead atoms. The first-order chi connectivity index (χ1) is 13.6. The number of amidine groups is 1. The van der Waals surface area contributed by atoms with E-state index >= 15 is 0 Å². The van der Waals surface area contributed by atoms with Crippen molar-refractivity contribution in [1.29, 1.82) is 0 Å². The topological polar surface area (TPSA) is 97.7 Å². The number of thioether (sulfide) groups is 1. The molecule has 0 radical (unpaired) electrons. The standard InChI is InChI=1S/C20H13N3O4S/c24-19-18(28-20(22-19)21-13-6-2-1-3-7-13)12-14-10-11-17(27-14)15-8-4-5-9-16(15)23(25)26/h1-12H,(H,21,22,24). The van der Waals surface area contributed by atoms with Gasteiger partial charge in [0.15, 0.2) is 5.17 Å². The Hall–Kier alpha value is -3.65. The molecule has 0 atom stereocenters. The van der Waals surface area contributed by atoms with E-state index in [2.05, 4.69) is 10.3 Å². The zero-order valence-electron chi connectivity index (χ0n) is 14.4. The van der Waals surface area contributed by atoms with Gasteiger partial charge in [0.25, 0.3) is 11.6 Å². The van der Waals surface area contributed by atoms with E-state index < -0.39 is 4.92 Å². The molecule has 8 heteroatoms. The van der Waals surface area contributed by atoms with Gasteiger partial charge in [-0.05, 0) is 42.1 Å². The van der Waals surface area contributed by atoms with Crippen LogP contribution in [0.1, 0.15) is 5.76 Å².